The predicted molar refractivity (Wildman–Crippen MR) is 105 cm³/mol. The molecule has 2 aromatic heterocycles. The summed E-state index contributed by atoms with van der Waals surface area (Å²) in [4.78, 5) is 12.9. The zero-order chi connectivity index (χ0) is 18.6. The molecule has 7 nitrogen and oxygen atoms in total. The molecule has 1 aliphatic heterocycles. The molecule has 0 amide bonds. The van der Waals surface area contributed by atoms with Gasteiger partial charge in [-0.25, -0.2) is 9.50 Å². The zero-order valence-electron chi connectivity index (χ0n) is 16.0. The molecule has 0 aliphatic carbocycles. The molecule has 1 saturated heterocycles. The Morgan fingerprint density at radius 1 is 1.07 bits per heavy atom. The van der Waals surface area contributed by atoms with E-state index in [-0.39, 0.29) is 15.2 Å². The molecule has 1 aromatic carbocycles. The van der Waals surface area contributed by atoms with Gasteiger partial charge in [0.05, 0.1) is 11.9 Å². The van der Waals surface area contributed by atoms with Crippen LogP contribution >= 0.6 is 0 Å². The summed E-state index contributed by atoms with van der Waals surface area (Å²) in [7, 11) is 2.14. The van der Waals surface area contributed by atoms with Gasteiger partial charge in [0.15, 0.2) is 11.4 Å². The molecule has 0 radical (unpaired) electrons. The molecule has 4 rings (SSSR count). The van der Waals surface area contributed by atoms with Gasteiger partial charge in [-0.15, -0.1) is 5.10 Å². The molecular formula is C19H24F3N5O2. The fourth-order valence-corrected chi connectivity index (χ4v) is 3.18. The Kier molecular flexibility index (Phi) is 7.80. The van der Waals surface area contributed by atoms with E-state index in [2.05, 4.69) is 31.9 Å². The number of hydrogen-bond acceptors (Lipinski definition) is 6. The van der Waals surface area contributed by atoms with Crippen LogP contribution in [0.1, 0.15) is 0 Å². The summed E-state index contributed by atoms with van der Waals surface area (Å²) in [6.07, 6.45) is 1.70. The third-order valence-corrected chi connectivity index (χ3v) is 4.81. The molecule has 0 N–H and O–H groups in total. The molecular weight excluding hydrogens is 387 g/mol. The van der Waals surface area contributed by atoms with Crippen molar-refractivity contribution in [3.05, 3.63) is 42.6 Å². The summed E-state index contributed by atoms with van der Waals surface area (Å²) in [6.45, 7) is 5.75. The lowest BCUT2D eigenvalue weighted by Crippen LogP contribution is -2.45. The minimum absolute atomic E-state index is 0. The van der Waals surface area contributed by atoms with E-state index < -0.39 is 0 Å². The highest BCUT2D eigenvalue weighted by molar-refractivity contribution is 5.64. The van der Waals surface area contributed by atoms with Gasteiger partial charge < -0.3 is 9.64 Å². The first-order valence-corrected chi connectivity index (χ1v) is 9.00. The number of fused-ring (bicyclic) bond motifs is 1. The number of likely N-dealkylation sites (N-methyl/N-ethyl adjacent to an activating group) is 1. The Labute approximate surface area is 166 Å². The largest absolute Gasteiger partial charge is 0.475 e. The Morgan fingerprint density at radius 2 is 1.86 bits per heavy atom. The highest BCUT2D eigenvalue weighted by atomic mass is 19.3. The number of piperazine rings is 1. The van der Waals surface area contributed by atoms with Crippen molar-refractivity contribution < 1.29 is 23.6 Å². The predicted octanol–water partition coefficient (Wildman–Crippen LogP) is 2.59. The first kappa shape index (κ1) is 22.4. The minimum Gasteiger partial charge on any atom is -0.475 e. The Hall–Kier alpha value is -2.85. The lowest BCUT2D eigenvalue weighted by Gasteiger charge is -2.32. The zero-order valence-corrected chi connectivity index (χ0v) is 16.0. The summed E-state index contributed by atoms with van der Waals surface area (Å²) >= 11 is 0. The van der Waals surface area contributed by atoms with E-state index in [1.54, 1.807) is 28.9 Å². The average molecular weight is 411 g/mol. The van der Waals surface area contributed by atoms with Gasteiger partial charge in [0.2, 0.25) is 5.88 Å². The van der Waals surface area contributed by atoms with Gasteiger partial charge in [0.1, 0.15) is 6.61 Å². The highest BCUT2D eigenvalue weighted by Crippen LogP contribution is 2.25. The third-order valence-electron chi connectivity index (χ3n) is 4.81. The summed E-state index contributed by atoms with van der Waals surface area (Å²) in [5, 5.41) is 4.53. The second-order valence-electron chi connectivity index (χ2n) is 6.68. The van der Waals surface area contributed by atoms with Crippen LogP contribution in [0.25, 0.3) is 16.9 Å². The maximum atomic E-state index is 12.5. The van der Waals surface area contributed by atoms with E-state index in [0.29, 0.717) is 18.1 Å². The topological polar surface area (TPSA) is 55.1 Å². The molecule has 158 valence electrons. The molecule has 1 fully saturated rings. The van der Waals surface area contributed by atoms with Crippen LogP contribution in [-0.4, -0.2) is 70.8 Å². The highest BCUT2D eigenvalue weighted by Gasteiger charge is 2.14. The van der Waals surface area contributed by atoms with Crippen LogP contribution in [0.4, 0.5) is 13.9 Å². The molecule has 0 spiro atoms. The maximum Gasteiger partial charge on any atom is 0.231 e. The summed E-state index contributed by atoms with van der Waals surface area (Å²) in [5.41, 5.74) is 2.20. The number of aromatic nitrogens is 3. The van der Waals surface area contributed by atoms with Gasteiger partial charge >= 0.3 is 0 Å². The van der Waals surface area contributed by atoms with Crippen molar-refractivity contribution in [1.29, 1.82) is 0 Å². The Bertz CT molecular complexity index is 916. The van der Waals surface area contributed by atoms with Crippen LogP contribution < -0.4 is 9.68 Å². The number of ether oxygens (including phenoxy) is 1. The quantitative estimate of drug-likeness (QED) is 0.622. The number of halogens is 3. The van der Waals surface area contributed by atoms with Crippen LogP contribution in [-0.2, 0) is 0 Å². The average Bonchev–Trinajstić information content (AvgIpc) is 3.13. The number of rotatable bonds is 6. The first-order chi connectivity index (χ1) is 13.2. The van der Waals surface area contributed by atoms with Gasteiger partial charge in [-0.05, 0) is 25.2 Å². The van der Waals surface area contributed by atoms with Crippen molar-refractivity contribution >= 4 is 5.65 Å². The van der Waals surface area contributed by atoms with E-state index in [4.69, 9.17) is 4.74 Å². The van der Waals surface area contributed by atoms with Gasteiger partial charge in [0, 0.05) is 48.9 Å². The van der Waals surface area contributed by atoms with E-state index in [0.717, 1.165) is 44.0 Å². The Morgan fingerprint density at radius 3 is 2.62 bits per heavy atom. The molecule has 3 aromatic rings. The van der Waals surface area contributed by atoms with E-state index >= 15 is 0 Å². The number of imidazole rings is 1. The monoisotopic (exact) mass is 411 g/mol. The van der Waals surface area contributed by atoms with E-state index in [9.17, 15) is 4.53 Å². The van der Waals surface area contributed by atoms with Crippen LogP contribution in [0.15, 0.2) is 42.6 Å². The van der Waals surface area contributed by atoms with E-state index in [1.165, 1.54) is 0 Å². The summed E-state index contributed by atoms with van der Waals surface area (Å²) in [6, 6.07) is 10.4. The van der Waals surface area contributed by atoms with Crippen LogP contribution in [0, 0.1) is 0 Å². The maximum absolute atomic E-state index is 12.5. The second kappa shape index (κ2) is 10.1. The minimum atomic E-state index is 0. The van der Waals surface area contributed by atoms with Crippen molar-refractivity contribution in [1.82, 2.24) is 24.4 Å². The first-order valence-electron chi connectivity index (χ1n) is 9.00. The molecule has 3 heterocycles. The molecule has 10 heteroatoms. The van der Waals surface area contributed by atoms with Crippen molar-refractivity contribution in [3.8, 4) is 22.9 Å². The fraction of sp³-hybridized carbons (Fsp3) is 0.368. The summed E-state index contributed by atoms with van der Waals surface area (Å²) in [5.74, 6) is 0.677. The number of nitrogens with zero attached hydrogens (tertiary/aromatic N) is 5. The van der Waals surface area contributed by atoms with Gasteiger partial charge in [-0.3, -0.25) is 19.3 Å². The Balaban J connectivity index is 0.00000150. The smallest absolute Gasteiger partial charge is 0.231 e. The third kappa shape index (κ3) is 5.15. The van der Waals surface area contributed by atoms with Crippen LogP contribution in [0.2, 0.25) is 0 Å². The lowest BCUT2D eigenvalue weighted by atomic mass is 10.1. The van der Waals surface area contributed by atoms with Crippen molar-refractivity contribution in [3.63, 3.8) is 0 Å². The van der Waals surface area contributed by atoms with Crippen molar-refractivity contribution in [2.24, 2.45) is 0 Å². The van der Waals surface area contributed by atoms with Crippen molar-refractivity contribution in [2.75, 3.05) is 46.4 Å². The number of hydrogen-bond donors (Lipinski definition) is 0. The van der Waals surface area contributed by atoms with Gasteiger partial charge in [0.25, 0.3) is 0 Å². The normalized spacial score (nSPS) is 14.8. The fourth-order valence-electron chi connectivity index (χ4n) is 3.18. The van der Waals surface area contributed by atoms with Crippen LogP contribution in [0.3, 0.4) is 0 Å². The SMILES string of the molecule is CN1CCN(CCOc2ccc3ncc(-c4cccc(OF)c4)n3n2)CC1.F.F. The molecule has 0 saturated carbocycles. The molecule has 0 bridgehead atoms. The lowest BCUT2D eigenvalue weighted by molar-refractivity contribution is -0.00614. The standard InChI is InChI=1S/C19H22FN5O2.2FH/c1-23-7-9-24(10-8-23)11-12-26-19-6-5-18-21-14-17(25(18)22-19)15-3-2-4-16(13-15)27-20;;/h2-6,13-14H,7-12H2,1H3;2*1H. The van der Waals surface area contributed by atoms with E-state index in [1.807, 2.05) is 18.2 Å². The molecule has 1 aliphatic rings. The molecule has 0 unspecified atom stereocenters. The van der Waals surface area contributed by atoms with Gasteiger partial charge in [-0.2, -0.15) is 0 Å². The number of benzene rings is 1. The molecule has 29 heavy (non-hydrogen) atoms. The summed E-state index contributed by atoms with van der Waals surface area (Å²) < 4.78 is 20.0. The second-order valence-corrected chi connectivity index (χ2v) is 6.68. The van der Waals surface area contributed by atoms with Gasteiger partial charge in [-0.1, -0.05) is 12.1 Å². The molecule has 0 atom stereocenters. The van der Waals surface area contributed by atoms with Crippen LogP contribution in [0.5, 0.6) is 11.6 Å². The van der Waals surface area contributed by atoms with Crippen molar-refractivity contribution in [2.45, 2.75) is 0 Å².